The number of halogens is 2. The van der Waals surface area contributed by atoms with Crippen LogP contribution in [0.4, 0.5) is 5.69 Å². The average Bonchev–Trinajstić information content (AvgIpc) is 2.49. The second-order valence-electron chi connectivity index (χ2n) is 4.57. The molecular weight excluding hydrogens is 475 g/mol. The summed E-state index contributed by atoms with van der Waals surface area (Å²) in [6.07, 6.45) is 0.890. The van der Waals surface area contributed by atoms with E-state index < -0.39 is 0 Å². The molecule has 0 heterocycles. The predicted molar refractivity (Wildman–Crippen MR) is 106 cm³/mol. The zero-order chi connectivity index (χ0) is 16.1. The van der Waals surface area contributed by atoms with Crippen molar-refractivity contribution in [1.29, 1.82) is 0 Å². The summed E-state index contributed by atoms with van der Waals surface area (Å²) in [6, 6.07) is 13.2. The summed E-state index contributed by atoms with van der Waals surface area (Å²) in [5.41, 5.74) is 2.63. The molecule has 114 valence electrons. The van der Waals surface area contributed by atoms with Gasteiger partial charge in [-0.15, -0.1) is 0 Å². The molecule has 0 bridgehead atoms. The maximum absolute atomic E-state index is 12.1. The van der Waals surface area contributed by atoms with Crippen LogP contribution in [0.1, 0.15) is 22.8 Å². The Balaban J connectivity index is 2.06. The Bertz CT molecular complexity index is 721. The molecule has 0 unspecified atom stereocenters. The van der Waals surface area contributed by atoms with E-state index in [4.69, 9.17) is 12.2 Å². The summed E-state index contributed by atoms with van der Waals surface area (Å²) in [6.45, 7) is 2.08. The number of amides is 1. The Morgan fingerprint density at radius 2 is 2.05 bits per heavy atom. The normalized spacial score (nSPS) is 10.1. The number of anilines is 1. The molecule has 3 nitrogen and oxygen atoms in total. The van der Waals surface area contributed by atoms with Crippen LogP contribution in [0.2, 0.25) is 0 Å². The minimum Gasteiger partial charge on any atom is -0.332 e. The fraction of sp³-hybridized carbons (Fsp3) is 0.125. The Morgan fingerprint density at radius 3 is 2.73 bits per heavy atom. The van der Waals surface area contributed by atoms with Crippen LogP contribution in [0.25, 0.3) is 0 Å². The van der Waals surface area contributed by atoms with E-state index in [-0.39, 0.29) is 5.91 Å². The van der Waals surface area contributed by atoms with Gasteiger partial charge in [0, 0.05) is 19.3 Å². The molecule has 0 saturated carbocycles. The number of hydrogen-bond donors (Lipinski definition) is 2. The van der Waals surface area contributed by atoms with Crippen molar-refractivity contribution in [3.05, 3.63) is 61.6 Å². The van der Waals surface area contributed by atoms with Gasteiger partial charge < -0.3 is 5.32 Å². The monoisotopic (exact) mass is 488 g/mol. The Hall–Kier alpha value is -0.990. The third kappa shape index (κ3) is 4.76. The summed E-state index contributed by atoms with van der Waals surface area (Å²) in [7, 11) is 0. The van der Waals surface area contributed by atoms with Gasteiger partial charge in [0.1, 0.15) is 0 Å². The first-order valence-electron chi connectivity index (χ1n) is 6.66. The van der Waals surface area contributed by atoms with Gasteiger partial charge in [0.15, 0.2) is 5.11 Å². The summed E-state index contributed by atoms with van der Waals surface area (Å²) in [5, 5.41) is 6.08. The second-order valence-corrected chi connectivity index (χ2v) is 7.14. The van der Waals surface area contributed by atoms with Crippen molar-refractivity contribution in [2.45, 2.75) is 13.3 Å². The van der Waals surface area contributed by atoms with Crippen molar-refractivity contribution >= 4 is 67.4 Å². The Labute approximate surface area is 157 Å². The van der Waals surface area contributed by atoms with Crippen molar-refractivity contribution in [3.63, 3.8) is 0 Å². The van der Waals surface area contributed by atoms with E-state index in [2.05, 4.69) is 62.1 Å². The minimum atomic E-state index is -0.234. The SMILES string of the molecule is CCc1cc(I)ccc1NC(=S)NC(=O)c1cccc(Br)c1. The molecule has 1 amide bonds. The lowest BCUT2D eigenvalue weighted by Gasteiger charge is -2.13. The van der Waals surface area contributed by atoms with Crippen LogP contribution in [0.5, 0.6) is 0 Å². The molecule has 2 aromatic rings. The number of thiocarbonyl (C=S) groups is 1. The van der Waals surface area contributed by atoms with E-state index in [0.717, 1.165) is 22.1 Å². The molecule has 6 heteroatoms. The molecule has 0 fully saturated rings. The van der Waals surface area contributed by atoms with Gasteiger partial charge in [0.05, 0.1) is 0 Å². The van der Waals surface area contributed by atoms with E-state index >= 15 is 0 Å². The van der Waals surface area contributed by atoms with Gasteiger partial charge in [-0.05, 0) is 83.2 Å². The van der Waals surface area contributed by atoms with Crippen LogP contribution in [0.15, 0.2) is 46.9 Å². The molecule has 22 heavy (non-hydrogen) atoms. The molecule has 0 aliphatic rings. The van der Waals surface area contributed by atoms with Gasteiger partial charge in [-0.1, -0.05) is 28.9 Å². The van der Waals surface area contributed by atoms with E-state index in [0.29, 0.717) is 10.7 Å². The quantitative estimate of drug-likeness (QED) is 0.484. The third-order valence-electron chi connectivity index (χ3n) is 3.01. The first kappa shape index (κ1) is 17.4. The molecule has 0 aliphatic carbocycles. The molecule has 0 aromatic heterocycles. The highest BCUT2D eigenvalue weighted by Crippen LogP contribution is 2.19. The Morgan fingerprint density at radius 1 is 1.27 bits per heavy atom. The highest BCUT2D eigenvalue weighted by atomic mass is 127. The van der Waals surface area contributed by atoms with Crippen molar-refractivity contribution in [2.24, 2.45) is 0 Å². The summed E-state index contributed by atoms with van der Waals surface area (Å²) < 4.78 is 2.02. The average molecular weight is 489 g/mol. The number of hydrogen-bond acceptors (Lipinski definition) is 2. The first-order valence-corrected chi connectivity index (χ1v) is 8.94. The van der Waals surface area contributed by atoms with Crippen molar-refractivity contribution in [1.82, 2.24) is 5.32 Å². The zero-order valence-electron chi connectivity index (χ0n) is 11.8. The Kier molecular flexibility index (Phi) is 6.34. The van der Waals surface area contributed by atoms with Crippen LogP contribution in [-0.2, 0) is 6.42 Å². The largest absolute Gasteiger partial charge is 0.332 e. The van der Waals surface area contributed by atoms with Crippen LogP contribution in [0, 0.1) is 3.57 Å². The molecule has 0 aliphatic heterocycles. The van der Waals surface area contributed by atoms with Crippen LogP contribution < -0.4 is 10.6 Å². The lowest BCUT2D eigenvalue weighted by Crippen LogP contribution is -2.34. The smallest absolute Gasteiger partial charge is 0.257 e. The van der Waals surface area contributed by atoms with Gasteiger partial charge in [0.2, 0.25) is 0 Å². The standard InChI is InChI=1S/C16H14BrIN2OS/c1-2-10-9-13(18)6-7-14(10)19-16(22)20-15(21)11-4-3-5-12(17)8-11/h3-9H,2H2,1H3,(H2,19,20,21,22). The van der Waals surface area contributed by atoms with Gasteiger partial charge in [-0.2, -0.15) is 0 Å². The molecule has 0 saturated heterocycles. The maximum atomic E-state index is 12.1. The van der Waals surface area contributed by atoms with E-state index in [1.807, 2.05) is 24.3 Å². The molecule has 2 rings (SSSR count). The second kappa shape index (κ2) is 8.03. The molecule has 0 atom stereocenters. The number of nitrogens with one attached hydrogen (secondary N) is 2. The highest BCUT2D eigenvalue weighted by molar-refractivity contribution is 14.1. The molecular formula is C16H14BrIN2OS. The number of carbonyl (C=O) groups excluding carboxylic acids is 1. The molecule has 0 spiro atoms. The van der Waals surface area contributed by atoms with Crippen molar-refractivity contribution < 1.29 is 4.79 Å². The molecule has 2 N–H and O–H groups in total. The lowest BCUT2D eigenvalue weighted by molar-refractivity contribution is 0.0977. The summed E-state index contributed by atoms with van der Waals surface area (Å²) in [5.74, 6) is -0.234. The van der Waals surface area contributed by atoms with E-state index in [9.17, 15) is 4.79 Å². The fourth-order valence-electron chi connectivity index (χ4n) is 1.94. The van der Waals surface area contributed by atoms with Crippen LogP contribution in [0.3, 0.4) is 0 Å². The van der Waals surface area contributed by atoms with Crippen LogP contribution in [-0.4, -0.2) is 11.0 Å². The number of aryl methyl sites for hydroxylation is 1. The first-order chi connectivity index (χ1) is 10.5. The van der Waals surface area contributed by atoms with Gasteiger partial charge in [-0.3, -0.25) is 10.1 Å². The highest BCUT2D eigenvalue weighted by Gasteiger charge is 2.09. The number of carbonyl (C=O) groups is 1. The van der Waals surface area contributed by atoms with Crippen molar-refractivity contribution in [2.75, 3.05) is 5.32 Å². The van der Waals surface area contributed by atoms with Gasteiger partial charge >= 0.3 is 0 Å². The molecule has 0 radical (unpaired) electrons. The number of rotatable bonds is 3. The van der Waals surface area contributed by atoms with Gasteiger partial charge in [-0.25, -0.2) is 0 Å². The lowest BCUT2D eigenvalue weighted by atomic mass is 10.1. The zero-order valence-corrected chi connectivity index (χ0v) is 16.4. The summed E-state index contributed by atoms with van der Waals surface area (Å²) in [4.78, 5) is 12.1. The van der Waals surface area contributed by atoms with Crippen LogP contribution >= 0.6 is 50.7 Å². The minimum absolute atomic E-state index is 0.234. The summed E-state index contributed by atoms with van der Waals surface area (Å²) >= 11 is 10.9. The van der Waals surface area contributed by atoms with Gasteiger partial charge in [0.25, 0.3) is 5.91 Å². The molecule has 2 aromatic carbocycles. The fourth-order valence-corrected chi connectivity index (χ4v) is 3.09. The van der Waals surface area contributed by atoms with E-state index in [1.54, 1.807) is 12.1 Å². The topological polar surface area (TPSA) is 41.1 Å². The van der Waals surface area contributed by atoms with E-state index in [1.165, 1.54) is 3.57 Å². The third-order valence-corrected chi connectivity index (χ3v) is 4.38. The maximum Gasteiger partial charge on any atom is 0.257 e. The van der Waals surface area contributed by atoms with Crippen molar-refractivity contribution in [3.8, 4) is 0 Å². The predicted octanol–water partition coefficient (Wildman–Crippen LogP) is 4.74. The number of benzene rings is 2.